The minimum Gasteiger partial charge on any atom is -0.365 e. The van der Waals surface area contributed by atoms with Crippen LogP contribution in [0.15, 0.2) is 11.4 Å². The summed E-state index contributed by atoms with van der Waals surface area (Å²) in [6.45, 7) is 2.85. The minimum absolute atomic E-state index is 0.696. The molecule has 0 radical (unpaired) electrons. The lowest BCUT2D eigenvalue weighted by atomic mass is 10.2. The summed E-state index contributed by atoms with van der Waals surface area (Å²) in [5.74, 6) is 1.02. The van der Waals surface area contributed by atoms with Crippen LogP contribution in [0.25, 0.3) is 0 Å². The van der Waals surface area contributed by atoms with Crippen LogP contribution in [0.5, 0.6) is 0 Å². The zero-order valence-electron chi connectivity index (χ0n) is 9.47. The Labute approximate surface area is 98.7 Å². The lowest BCUT2D eigenvalue weighted by molar-refractivity contribution is 0.734. The Bertz CT molecular complexity index is 434. The molecule has 0 aliphatic carbocycles. The molecule has 0 aliphatic rings. The lowest BCUT2D eigenvalue weighted by Gasteiger charge is -2.02. The first kappa shape index (κ1) is 11.1. The molecule has 2 aromatic heterocycles. The van der Waals surface area contributed by atoms with Gasteiger partial charge in [-0.1, -0.05) is 17.8 Å². The van der Waals surface area contributed by atoms with Gasteiger partial charge < -0.3 is 5.32 Å². The van der Waals surface area contributed by atoms with E-state index in [-0.39, 0.29) is 0 Å². The maximum absolute atomic E-state index is 4.42. The Kier molecular flexibility index (Phi) is 3.51. The van der Waals surface area contributed by atoms with Crippen molar-refractivity contribution < 1.29 is 0 Å². The van der Waals surface area contributed by atoms with E-state index < -0.39 is 0 Å². The van der Waals surface area contributed by atoms with Gasteiger partial charge in [0.05, 0.1) is 17.9 Å². The molecule has 0 saturated heterocycles. The Morgan fingerprint density at radius 2 is 2.31 bits per heavy atom. The van der Waals surface area contributed by atoms with Crippen molar-refractivity contribution in [3.8, 4) is 0 Å². The quantitative estimate of drug-likeness (QED) is 0.862. The second kappa shape index (κ2) is 5.07. The van der Waals surface area contributed by atoms with Gasteiger partial charge in [0.15, 0.2) is 0 Å². The second-order valence-electron chi connectivity index (χ2n) is 3.64. The molecule has 0 unspecified atom stereocenters. The molecule has 16 heavy (non-hydrogen) atoms. The summed E-state index contributed by atoms with van der Waals surface area (Å²) in [6.07, 6.45) is 2.14. The normalized spacial score (nSPS) is 10.6. The van der Waals surface area contributed by atoms with E-state index in [4.69, 9.17) is 0 Å². The van der Waals surface area contributed by atoms with Gasteiger partial charge in [-0.25, -0.2) is 0 Å². The molecule has 2 heterocycles. The largest absolute Gasteiger partial charge is 0.365 e. The van der Waals surface area contributed by atoms with Crippen molar-refractivity contribution in [3.05, 3.63) is 22.8 Å². The van der Waals surface area contributed by atoms with Gasteiger partial charge in [-0.2, -0.15) is 5.10 Å². The number of hydrogen-bond donors (Lipinski definition) is 1. The summed E-state index contributed by atoms with van der Waals surface area (Å²) in [4.78, 5) is 0. The van der Waals surface area contributed by atoms with Gasteiger partial charge in [-0.05, 0) is 18.0 Å². The third kappa shape index (κ3) is 2.57. The number of nitrogens with one attached hydrogen (secondary N) is 1. The highest BCUT2D eigenvalue weighted by atomic mass is 32.1. The van der Waals surface area contributed by atoms with Gasteiger partial charge in [0.2, 0.25) is 0 Å². The van der Waals surface area contributed by atoms with Gasteiger partial charge >= 0.3 is 0 Å². The summed E-state index contributed by atoms with van der Waals surface area (Å²) in [5, 5.41) is 13.6. The number of rotatable bonds is 5. The van der Waals surface area contributed by atoms with Gasteiger partial charge in [0, 0.05) is 18.5 Å². The van der Waals surface area contributed by atoms with Crippen LogP contribution >= 0.6 is 11.5 Å². The summed E-state index contributed by atoms with van der Waals surface area (Å²) < 4.78 is 5.69. The topological polar surface area (TPSA) is 55.6 Å². The fourth-order valence-corrected chi connectivity index (χ4v) is 1.96. The van der Waals surface area contributed by atoms with E-state index in [2.05, 4.69) is 33.0 Å². The average molecular weight is 237 g/mol. The predicted octanol–water partition coefficient (Wildman–Crippen LogP) is 1.84. The van der Waals surface area contributed by atoms with Crippen molar-refractivity contribution in [1.29, 1.82) is 0 Å². The molecule has 0 amide bonds. The van der Waals surface area contributed by atoms with E-state index in [1.54, 1.807) is 0 Å². The molecule has 0 saturated carbocycles. The van der Waals surface area contributed by atoms with Crippen LogP contribution < -0.4 is 5.32 Å². The van der Waals surface area contributed by atoms with Crippen LogP contribution in [0.2, 0.25) is 0 Å². The Hall–Kier alpha value is -1.43. The lowest BCUT2D eigenvalue weighted by Crippen LogP contribution is -2.04. The SMILES string of the molecule is CCCc1cc(NCc2csnn2)n(C)n1. The standard InChI is InChI=1S/C10H15N5S/c1-3-4-8-5-10(15(2)13-8)11-6-9-7-16-14-12-9/h5,7,11H,3-4,6H2,1-2H3. The molecule has 2 aromatic rings. The van der Waals surface area contributed by atoms with Gasteiger partial charge in [-0.15, -0.1) is 5.10 Å². The van der Waals surface area contributed by atoms with Crippen LogP contribution in [0, 0.1) is 0 Å². The Morgan fingerprint density at radius 3 is 3.00 bits per heavy atom. The fourth-order valence-electron chi connectivity index (χ4n) is 1.51. The highest BCUT2D eigenvalue weighted by molar-refractivity contribution is 7.03. The zero-order chi connectivity index (χ0) is 11.4. The van der Waals surface area contributed by atoms with E-state index in [1.165, 1.54) is 11.5 Å². The van der Waals surface area contributed by atoms with Gasteiger partial charge in [0.25, 0.3) is 0 Å². The molecule has 0 bridgehead atoms. The molecular weight excluding hydrogens is 222 g/mol. The number of aromatic nitrogens is 4. The average Bonchev–Trinajstić information content (AvgIpc) is 2.86. The summed E-state index contributed by atoms with van der Waals surface area (Å²) in [7, 11) is 1.95. The van der Waals surface area contributed by atoms with Crippen molar-refractivity contribution in [3.63, 3.8) is 0 Å². The van der Waals surface area contributed by atoms with Crippen LogP contribution in [0.3, 0.4) is 0 Å². The van der Waals surface area contributed by atoms with E-state index in [0.717, 1.165) is 30.0 Å². The summed E-state index contributed by atoms with van der Waals surface area (Å²) in [6, 6.07) is 2.09. The van der Waals surface area contributed by atoms with Crippen LogP contribution in [-0.4, -0.2) is 19.4 Å². The maximum atomic E-state index is 4.42. The van der Waals surface area contributed by atoms with Crippen molar-refractivity contribution >= 4 is 17.4 Å². The molecule has 0 spiro atoms. The van der Waals surface area contributed by atoms with Gasteiger partial charge in [0.1, 0.15) is 5.82 Å². The molecule has 0 aliphatic heterocycles. The molecule has 0 aromatic carbocycles. The fraction of sp³-hybridized carbons (Fsp3) is 0.500. The monoisotopic (exact) mass is 237 g/mol. The Balaban J connectivity index is 1.98. The molecule has 86 valence electrons. The van der Waals surface area contributed by atoms with Crippen molar-refractivity contribution in [2.75, 3.05) is 5.32 Å². The summed E-state index contributed by atoms with van der Waals surface area (Å²) >= 11 is 1.37. The van der Waals surface area contributed by atoms with E-state index in [0.29, 0.717) is 6.54 Å². The maximum Gasteiger partial charge on any atom is 0.124 e. The van der Waals surface area contributed by atoms with Crippen molar-refractivity contribution in [1.82, 2.24) is 19.4 Å². The first-order chi connectivity index (χ1) is 7.79. The number of nitrogens with zero attached hydrogens (tertiary/aromatic N) is 4. The van der Waals surface area contributed by atoms with Crippen molar-refractivity contribution in [2.24, 2.45) is 7.05 Å². The predicted molar refractivity (Wildman–Crippen MR) is 64.4 cm³/mol. The minimum atomic E-state index is 0.696. The molecule has 5 nitrogen and oxygen atoms in total. The van der Waals surface area contributed by atoms with Gasteiger partial charge in [-0.3, -0.25) is 4.68 Å². The van der Waals surface area contributed by atoms with Crippen LogP contribution in [-0.2, 0) is 20.0 Å². The zero-order valence-corrected chi connectivity index (χ0v) is 10.3. The Morgan fingerprint density at radius 1 is 1.44 bits per heavy atom. The van der Waals surface area contributed by atoms with E-state index in [9.17, 15) is 0 Å². The summed E-state index contributed by atoms with van der Waals surface area (Å²) in [5.41, 5.74) is 2.09. The number of anilines is 1. The molecule has 1 N–H and O–H groups in total. The first-order valence-corrected chi connectivity index (χ1v) is 6.16. The molecular formula is C10H15N5S. The molecule has 2 rings (SSSR count). The molecule has 6 heteroatoms. The molecule has 0 fully saturated rings. The highest BCUT2D eigenvalue weighted by Crippen LogP contribution is 2.11. The third-order valence-corrected chi connectivity index (χ3v) is 2.85. The van der Waals surface area contributed by atoms with Crippen LogP contribution in [0.4, 0.5) is 5.82 Å². The smallest absolute Gasteiger partial charge is 0.124 e. The van der Waals surface area contributed by atoms with Crippen molar-refractivity contribution in [2.45, 2.75) is 26.3 Å². The molecule has 0 atom stereocenters. The van der Waals surface area contributed by atoms with Crippen LogP contribution in [0.1, 0.15) is 24.7 Å². The van der Waals surface area contributed by atoms with E-state index in [1.807, 2.05) is 17.1 Å². The van der Waals surface area contributed by atoms with E-state index >= 15 is 0 Å². The highest BCUT2D eigenvalue weighted by Gasteiger charge is 2.04. The third-order valence-electron chi connectivity index (χ3n) is 2.29. The number of hydrogen-bond acceptors (Lipinski definition) is 5. The number of aryl methyl sites for hydroxylation is 2. The first-order valence-electron chi connectivity index (χ1n) is 5.32. The second-order valence-corrected chi connectivity index (χ2v) is 4.25.